The molecule has 1 heterocycles. The highest BCUT2D eigenvalue weighted by atomic mass is 35.5. The van der Waals surface area contributed by atoms with E-state index in [4.69, 9.17) is 19.9 Å². The Hall–Kier alpha value is -2.44. The van der Waals surface area contributed by atoms with Gasteiger partial charge in [-0.2, -0.15) is 0 Å². The van der Waals surface area contributed by atoms with Crippen molar-refractivity contribution in [2.45, 2.75) is 20.3 Å². The molecule has 1 unspecified atom stereocenters. The van der Waals surface area contributed by atoms with Gasteiger partial charge >= 0.3 is 0 Å². The van der Waals surface area contributed by atoms with E-state index in [1.54, 1.807) is 18.2 Å². The fourth-order valence-electron chi connectivity index (χ4n) is 3.40. The van der Waals surface area contributed by atoms with Crippen molar-refractivity contribution < 1.29 is 19.0 Å². The molecule has 0 saturated carbocycles. The lowest BCUT2D eigenvalue weighted by molar-refractivity contribution is 0.0776. The maximum atomic E-state index is 12.9. The van der Waals surface area contributed by atoms with E-state index in [-0.39, 0.29) is 23.7 Å². The Morgan fingerprint density at radius 2 is 1.80 bits per heavy atom. The molecule has 6 nitrogen and oxygen atoms in total. The number of benzene rings is 2. The fraction of sp³-hybridized carbons (Fsp3) is 0.435. The Balaban J connectivity index is 0.00000320. The van der Waals surface area contributed by atoms with Crippen LogP contribution in [0.25, 0.3) is 0 Å². The van der Waals surface area contributed by atoms with Crippen LogP contribution in [0, 0.1) is 5.41 Å². The first-order valence-corrected chi connectivity index (χ1v) is 10.1. The quantitative estimate of drug-likeness (QED) is 0.608. The molecule has 1 aliphatic rings. The molecule has 0 aromatic heterocycles. The number of rotatable bonds is 9. The standard InChI is InChI=1S/C23H30N2O4.ClH/c1-3-27-21-15-18(22(26)25-12-11-23(2,16-24)17-25)9-10-20(21)29-14-13-28-19-7-5-4-6-8-19;/h4-10,15H,3,11-14,16-17,24H2,1-2H3;1H. The van der Waals surface area contributed by atoms with Crippen LogP contribution in [0.2, 0.25) is 0 Å². The van der Waals surface area contributed by atoms with Gasteiger partial charge in [-0.3, -0.25) is 4.79 Å². The number of carbonyl (C=O) groups is 1. The first kappa shape index (κ1) is 23.8. The van der Waals surface area contributed by atoms with Gasteiger partial charge in [0.1, 0.15) is 19.0 Å². The lowest BCUT2D eigenvalue weighted by Crippen LogP contribution is -2.34. The molecule has 1 aliphatic heterocycles. The third kappa shape index (κ3) is 6.03. The summed E-state index contributed by atoms with van der Waals surface area (Å²) in [6.07, 6.45) is 0.927. The van der Waals surface area contributed by atoms with E-state index < -0.39 is 0 Å². The van der Waals surface area contributed by atoms with Gasteiger partial charge in [0.2, 0.25) is 0 Å². The lowest BCUT2D eigenvalue weighted by atomic mass is 9.90. The van der Waals surface area contributed by atoms with Crippen molar-refractivity contribution in [2.75, 3.05) is 39.5 Å². The van der Waals surface area contributed by atoms with Crippen molar-refractivity contribution in [2.24, 2.45) is 11.1 Å². The van der Waals surface area contributed by atoms with Gasteiger partial charge in [0.25, 0.3) is 5.91 Å². The van der Waals surface area contributed by atoms with Crippen molar-refractivity contribution in [1.29, 1.82) is 0 Å². The van der Waals surface area contributed by atoms with E-state index in [0.29, 0.717) is 50.0 Å². The molecule has 1 amide bonds. The minimum absolute atomic E-state index is 0. The summed E-state index contributed by atoms with van der Waals surface area (Å²) in [5, 5.41) is 0. The van der Waals surface area contributed by atoms with Gasteiger partial charge in [0.15, 0.2) is 11.5 Å². The normalized spacial score (nSPS) is 17.9. The van der Waals surface area contributed by atoms with E-state index in [9.17, 15) is 4.79 Å². The summed E-state index contributed by atoms with van der Waals surface area (Å²) in [4.78, 5) is 14.8. The molecule has 1 saturated heterocycles. The summed E-state index contributed by atoms with van der Waals surface area (Å²) in [5.74, 6) is 1.98. The minimum Gasteiger partial charge on any atom is -0.490 e. The monoisotopic (exact) mass is 434 g/mol. The van der Waals surface area contributed by atoms with Crippen LogP contribution in [0.1, 0.15) is 30.6 Å². The summed E-state index contributed by atoms with van der Waals surface area (Å²) in [5.41, 5.74) is 6.46. The second-order valence-corrected chi connectivity index (χ2v) is 7.60. The van der Waals surface area contributed by atoms with Crippen LogP contribution in [0.15, 0.2) is 48.5 Å². The smallest absolute Gasteiger partial charge is 0.254 e. The molecular formula is C23H31ClN2O4. The number of nitrogens with two attached hydrogens (primary N) is 1. The van der Waals surface area contributed by atoms with Gasteiger partial charge in [-0.25, -0.2) is 0 Å². The zero-order valence-electron chi connectivity index (χ0n) is 17.6. The molecule has 1 atom stereocenters. The summed E-state index contributed by atoms with van der Waals surface area (Å²) in [6.45, 7) is 7.31. The number of amides is 1. The van der Waals surface area contributed by atoms with Crippen LogP contribution in [0.3, 0.4) is 0 Å². The van der Waals surface area contributed by atoms with Crippen molar-refractivity contribution in [1.82, 2.24) is 4.90 Å². The van der Waals surface area contributed by atoms with E-state index >= 15 is 0 Å². The highest BCUT2D eigenvalue weighted by Crippen LogP contribution is 2.32. The van der Waals surface area contributed by atoms with Gasteiger partial charge in [-0.1, -0.05) is 25.1 Å². The van der Waals surface area contributed by atoms with Crippen molar-refractivity contribution in [3.63, 3.8) is 0 Å². The number of halogens is 1. The first-order valence-electron chi connectivity index (χ1n) is 10.1. The molecule has 2 aromatic carbocycles. The summed E-state index contributed by atoms with van der Waals surface area (Å²) in [7, 11) is 0. The zero-order valence-corrected chi connectivity index (χ0v) is 18.5. The van der Waals surface area contributed by atoms with Gasteiger partial charge in [0, 0.05) is 18.7 Å². The predicted molar refractivity (Wildman–Crippen MR) is 120 cm³/mol. The average Bonchev–Trinajstić information content (AvgIpc) is 3.15. The Labute approximate surface area is 184 Å². The van der Waals surface area contributed by atoms with Crippen molar-refractivity contribution >= 4 is 18.3 Å². The minimum atomic E-state index is 0. The van der Waals surface area contributed by atoms with Gasteiger partial charge in [-0.15, -0.1) is 12.4 Å². The Morgan fingerprint density at radius 1 is 1.07 bits per heavy atom. The second-order valence-electron chi connectivity index (χ2n) is 7.60. The highest BCUT2D eigenvalue weighted by molar-refractivity contribution is 5.95. The molecule has 164 valence electrons. The number of carbonyl (C=O) groups excluding carboxylic acids is 1. The number of ether oxygens (including phenoxy) is 3. The van der Waals surface area contributed by atoms with Crippen LogP contribution in [-0.2, 0) is 0 Å². The summed E-state index contributed by atoms with van der Waals surface area (Å²) >= 11 is 0. The Bertz CT molecular complexity index is 818. The van der Waals surface area contributed by atoms with Crippen LogP contribution in [0.4, 0.5) is 0 Å². The maximum absolute atomic E-state index is 12.9. The third-order valence-electron chi connectivity index (χ3n) is 5.18. The topological polar surface area (TPSA) is 74.0 Å². The predicted octanol–water partition coefficient (Wildman–Crippen LogP) is 3.78. The largest absolute Gasteiger partial charge is 0.490 e. The first-order chi connectivity index (χ1) is 14.0. The van der Waals surface area contributed by atoms with Gasteiger partial charge in [-0.05, 0) is 55.6 Å². The number of para-hydroxylation sites is 1. The molecule has 0 bridgehead atoms. The average molecular weight is 435 g/mol. The van der Waals surface area contributed by atoms with Crippen molar-refractivity contribution in [3.05, 3.63) is 54.1 Å². The van der Waals surface area contributed by atoms with E-state index in [0.717, 1.165) is 18.7 Å². The van der Waals surface area contributed by atoms with Crippen LogP contribution in [-0.4, -0.2) is 50.3 Å². The molecule has 30 heavy (non-hydrogen) atoms. The van der Waals surface area contributed by atoms with Gasteiger partial charge in [0.05, 0.1) is 6.61 Å². The number of hydrogen-bond acceptors (Lipinski definition) is 5. The molecule has 2 aromatic rings. The number of nitrogens with zero attached hydrogens (tertiary/aromatic N) is 1. The number of hydrogen-bond donors (Lipinski definition) is 1. The van der Waals surface area contributed by atoms with E-state index in [1.165, 1.54) is 0 Å². The van der Waals surface area contributed by atoms with Crippen LogP contribution >= 0.6 is 12.4 Å². The summed E-state index contributed by atoms with van der Waals surface area (Å²) < 4.78 is 17.2. The third-order valence-corrected chi connectivity index (χ3v) is 5.18. The second kappa shape index (κ2) is 11.1. The summed E-state index contributed by atoms with van der Waals surface area (Å²) in [6, 6.07) is 14.9. The molecule has 0 radical (unpaired) electrons. The molecule has 2 N–H and O–H groups in total. The van der Waals surface area contributed by atoms with Crippen LogP contribution in [0.5, 0.6) is 17.2 Å². The zero-order chi connectivity index (χ0) is 20.7. The number of likely N-dealkylation sites (tertiary alicyclic amines) is 1. The van der Waals surface area contributed by atoms with Crippen molar-refractivity contribution in [3.8, 4) is 17.2 Å². The fourth-order valence-corrected chi connectivity index (χ4v) is 3.40. The molecular weight excluding hydrogens is 404 g/mol. The molecule has 0 aliphatic carbocycles. The van der Waals surface area contributed by atoms with Gasteiger partial charge < -0.3 is 24.8 Å². The molecule has 3 rings (SSSR count). The molecule has 7 heteroatoms. The Morgan fingerprint density at radius 3 is 2.47 bits per heavy atom. The van der Waals surface area contributed by atoms with E-state index in [2.05, 4.69) is 6.92 Å². The SMILES string of the molecule is CCOc1cc(C(=O)N2CCC(C)(CN)C2)ccc1OCCOc1ccccc1.Cl. The van der Waals surface area contributed by atoms with Crippen LogP contribution < -0.4 is 19.9 Å². The lowest BCUT2D eigenvalue weighted by Gasteiger charge is -2.23. The molecule has 1 fully saturated rings. The van der Waals surface area contributed by atoms with E-state index in [1.807, 2.05) is 42.2 Å². The molecule has 0 spiro atoms. The maximum Gasteiger partial charge on any atom is 0.254 e. The highest BCUT2D eigenvalue weighted by Gasteiger charge is 2.35. The Kier molecular flexibility index (Phi) is 8.81.